The molecule has 0 amide bonds. The molecule has 0 atom stereocenters. The zero-order valence-electron chi connectivity index (χ0n) is 9.31. The molecule has 2 aromatic heterocycles. The summed E-state index contributed by atoms with van der Waals surface area (Å²) < 4.78 is 2.02. The quantitative estimate of drug-likeness (QED) is 0.630. The Hall–Kier alpha value is -1.75. The van der Waals surface area contributed by atoms with Gasteiger partial charge in [0.1, 0.15) is 5.15 Å². The third kappa shape index (κ3) is 3.35. The van der Waals surface area contributed by atoms with Crippen LogP contribution in [0.4, 0.5) is 11.5 Å². The molecule has 0 aliphatic carbocycles. The Morgan fingerprint density at radius 3 is 3.06 bits per heavy atom. The molecule has 0 unspecified atom stereocenters. The molecular formula is C11H14ClN5. The lowest BCUT2D eigenvalue weighted by Crippen LogP contribution is -2.08. The molecule has 6 heteroatoms. The van der Waals surface area contributed by atoms with Gasteiger partial charge in [-0.2, -0.15) is 0 Å². The van der Waals surface area contributed by atoms with Crippen molar-refractivity contribution in [1.29, 1.82) is 0 Å². The van der Waals surface area contributed by atoms with E-state index in [9.17, 15) is 0 Å². The van der Waals surface area contributed by atoms with Crippen molar-refractivity contribution in [3.8, 4) is 0 Å². The fourth-order valence-electron chi connectivity index (χ4n) is 1.48. The minimum absolute atomic E-state index is 0.441. The highest BCUT2D eigenvalue weighted by Crippen LogP contribution is 2.17. The average molecular weight is 252 g/mol. The maximum atomic E-state index is 5.79. The van der Waals surface area contributed by atoms with Crippen molar-refractivity contribution in [1.82, 2.24) is 14.5 Å². The summed E-state index contributed by atoms with van der Waals surface area (Å²) in [4.78, 5) is 8.09. The molecular weight excluding hydrogens is 238 g/mol. The predicted octanol–water partition coefficient (Wildman–Crippen LogP) is 2.02. The number of nitrogens with zero attached hydrogens (tertiary/aromatic N) is 3. The van der Waals surface area contributed by atoms with Gasteiger partial charge in [0.25, 0.3) is 0 Å². The van der Waals surface area contributed by atoms with E-state index in [0.717, 1.165) is 19.5 Å². The van der Waals surface area contributed by atoms with Crippen molar-refractivity contribution in [2.24, 2.45) is 0 Å². The Balaban J connectivity index is 1.80. The molecule has 0 radical (unpaired) electrons. The summed E-state index contributed by atoms with van der Waals surface area (Å²) >= 11 is 5.79. The molecule has 0 aromatic carbocycles. The van der Waals surface area contributed by atoms with E-state index in [0.29, 0.717) is 16.7 Å². The monoisotopic (exact) mass is 251 g/mol. The van der Waals surface area contributed by atoms with Crippen molar-refractivity contribution in [3.63, 3.8) is 0 Å². The molecule has 17 heavy (non-hydrogen) atoms. The number of nitrogens with two attached hydrogens (primary N) is 1. The van der Waals surface area contributed by atoms with Gasteiger partial charge < -0.3 is 15.6 Å². The van der Waals surface area contributed by atoms with Gasteiger partial charge in [-0.15, -0.1) is 0 Å². The van der Waals surface area contributed by atoms with Gasteiger partial charge in [-0.1, -0.05) is 11.6 Å². The summed E-state index contributed by atoms with van der Waals surface area (Å²) in [6.45, 7) is 1.70. The van der Waals surface area contributed by atoms with E-state index in [1.807, 2.05) is 10.8 Å². The van der Waals surface area contributed by atoms with Gasteiger partial charge in [-0.05, 0) is 18.6 Å². The largest absolute Gasteiger partial charge is 0.396 e. The van der Waals surface area contributed by atoms with Gasteiger partial charge in [0.2, 0.25) is 0 Å². The summed E-state index contributed by atoms with van der Waals surface area (Å²) in [7, 11) is 0. The standard InChI is InChI=1S/C11H14ClN5/c12-10-3-2-9(13)11(16-10)15-4-1-6-17-7-5-14-8-17/h2-3,5,7-8H,1,4,6,13H2,(H,15,16). The first-order chi connectivity index (χ1) is 8.25. The Morgan fingerprint density at radius 2 is 2.29 bits per heavy atom. The van der Waals surface area contributed by atoms with Crippen LogP contribution in [0.15, 0.2) is 30.9 Å². The molecule has 3 N–H and O–H groups in total. The second-order valence-corrected chi connectivity index (χ2v) is 4.04. The number of aryl methyl sites for hydroxylation is 1. The molecule has 2 heterocycles. The van der Waals surface area contributed by atoms with Crippen LogP contribution >= 0.6 is 11.6 Å². The summed E-state index contributed by atoms with van der Waals surface area (Å²) in [5.41, 5.74) is 6.38. The highest BCUT2D eigenvalue weighted by molar-refractivity contribution is 6.29. The zero-order chi connectivity index (χ0) is 12.1. The normalized spacial score (nSPS) is 10.4. The Kier molecular flexibility index (Phi) is 3.82. The molecule has 2 aromatic rings. The number of nitrogens with one attached hydrogen (secondary N) is 1. The molecule has 0 saturated carbocycles. The number of nitrogen functional groups attached to an aromatic ring is 1. The maximum absolute atomic E-state index is 5.79. The number of halogens is 1. The lowest BCUT2D eigenvalue weighted by atomic mass is 10.3. The van der Waals surface area contributed by atoms with E-state index in [2.05, 4.69) is 15.3 Å². The van der Waals surface area contributed by atoms with E-state index in [1.54, 1.807) is 24.7 Å². The number of pyridine rings is 1. The van der Waals surface area contributed by atoms with Gasteiger partial charge in [-0.3, -0.25) is 0 Å². The van der Waals surface area contributed by atoms with Crippen LogP contribution in [0.5, 0.6) is 0 Å². The van der Waals surface area contributed by atoms with Gasteiger partial charge >= 0.3 is 0 Å². The molecule has 0 aliphatic rings. The van der Waals surface area contributed by atoms with Gasteiger partial charge in [-0.25, -0.2) is 9.97 Å². The second-order valence-electron chi connectivity index (χ2n) is 3.65. The molecule has 2 rings (SSSR count). The summed E-state index contributed by atoms with van der Waals surface area (Å²) in [5, 5.41) is 3.60. The molecule has 0 fully saturated rings. The van der Waals surface area contributed by atoms with Crippen LogP contribution in [0, 0.1) is 0 Å². The van der Waals surface area contributed by atoms with Crippen LogP contribution in [0.3, 0.4) is 0 Å². The van der Waals surface area contributed by atoms with Crippen LogP contribution in [0.1, 0.15) is 6.42 Å². The first-order valence-electron chi connectivity index (χ1n) is 5.37. The van der Waals surface area contributed by atoms with Gasteiger partial charge in [0, 0.05) is 25.5 Å². The third-order valence-corrected chi connectivity index (χ3v) is 2.55. The number of hydrogen-bond acceptors (Lipinski definition) is 4. The topological polar surface area (TPSA) is 68.8 Å². The number of hydrogen-bond donors (Lipinski definition) is 2. The minimum Gasteiger partial charge on any atom is -0.396 e. The van der Waals surface area contributed by atoms with E-state index in [1.165, 1.54) is 0 Å². The van der Waals surface area contributed by atoms with E-state index in [4.69, 9.17) is 17.3 Å². The van der Waals surface area contributed by atoms with Crippen molar-refractivity contribution in [3.05, 3.63) is 36.0 Å². The highest BCUT2D eigenvalue weighted by atomic mass is 35.5. The van der Waals surface area contributed by atoms with Crippen LogP contribution < -0.4 is 11.1 Å². The molecule has 0 aliphatic heterocycles. The number of imidazole rings is 1. The summed E-state index contributed by atoms with van der Waals surface area (Å²) in [6.07, 6.45) is 6.46. The first kappa shape index (κ1) is 11.7. The number of rotatable bonds is 5. The highest BCUT2D eigenvalue weighted by Gasteiger charge is 2.00. The molecule has 90 valence electrons. The van der Waals surface area contributed by atoms with E-state index >= 15 is 0 Å². The average Bonchev–Trinajstić information content (AvgIpc) is 2.82. The number of anilines is 2. The Labute approximate surface area is 105 Å². The van der Waals surface area contributed by atoms with Gasteiger partial charge in [0.05, 0.1) is 12.0 Å². The van der Waals surface area contributed by atoms with Crippen LogP contribution in [0.2, 0.25) is 5.15 Å². The fraction of sp³-hybridized carbons (Fsp3) is 0.273. The number of aromatic nitrogens is 3. The second kappa shape index (κ2) is 5.54. The smallest absolute Gasteiger partial charge is 0.150 e. The molecule has 0 saturated heterocycles. The van der Waals surface area contributed by atoms with Crippen LogP contribution in [0.25, 0.3) is 0 Å². The SMILES string of the molecule is Nc1ccc(Cl)nc1NCCCn1ccnc1. The van der Waals surface area contributed by atoms with E-state index in [-0.39, 0.29) is 0 Å². The third-order valence-electron chi connectivity index (χ3n) is 2.34. The van der Waals surface area contributed by atoms with Gasteiger partial charge in [0.15, 0.2) is 5.82 Å². The molecule has 5 nitrogen and oxygen atoms in total. The lowest BCUT2D eigenvalue weighted by molar-refractivity contribution is 0.660. The van der Waals surface area contributed by atoms with Crippen molar-refractivity contribution in [2.45, 2.75) is 13.0 Å². The Morgan fingerprint density at radius 1 is 1.41 bits per heavy atom. The zero-order valence-corrected chi connectivity index (χ0v) is 10.1. The van der Waals surface area contributed by atoms with Crippen molar-refractivity contribution >= 4 is 23.1 Å². The lowest BCUT2D eigenvalue weighted by Gasteiger charge is -2.08. The van der Waals surface area contributed by atoms with Crippen molar-refractivity contribution in [2.75, 3.05) is 17.6 Å². The van der Waals surface area contributed by atoms with Crippen molar-refractivity contribution < 1.29 is 0 Å². The van der Waals surface area contributed by atoms with Crippen LogP contribution in [-0.4, -0.2) is 21.1 Å². The maximum Gasteiger partial charge on any atom is 0.150 e. The molecule has 0 bridgehead atoms. The fourth-order valence-corrected chi connectivity index (χ4v) is 1.62. The Bertz CT molecular complexity index is 469. The van der Waals surface area contributed by atoms with Crippen LogP contribution in [-0.2, 0) is 6.54 Å². The first-order valence-corrected chi connectivity index (χ1v) is 5.75. The summed E-state index contributed by atoms with van der Waals surface area (Å²) in [5.74, 6) is 0.642. The minimum atomic E-state index is 0.441. The summed E-state index contributed by atoms with van der Waals surface area (Å²) in [6, 6.07) is 3.42. The van der Waals surface area contributed by atoms with E-state index < -0.39 is 0 Å². The molecule has 0 spiro atoms. The predicted molar refractivity (Wildman–Crippen MR) is 69.0 cm³/mol.